The van der Waals surface area contributed by atoms with Gasteiger partial charge in [0.05, 0.1) is 22.7 Å². The Balaban J connectivity index is 2.05. The Hall–Kier alpha value is -4.40. The monoisotopic (exact) mass is 497 g/mol. The molecule has 36 heavy (non-hydrogen) atoms. The van der Waals surface area contributed by atoms with E-state index >= 15 is 0 Å². The van der Waals surface area contributed by atoms with E-state index in [1.165, 1.54) is 41.6 Å². The van der Waals surface area contributed by atoms with Crippen molar-refractivity contribution in [1.82, 2.24) is 0 Å². The van der Waals surface area contributed by atoms with E-state index in [1.54, 1.807) is 48.5 Å². The van der Waals surface area contributed by atoms with Gasteiger partial charge in [0.15, 0.2) is 5.41 Å². The molecule has 0 fully saturated rings. The molecule has 0 bridgehead atoms. The van der Waals surface area contributed by atoms with Crippen molar-refractivity contribution in [2.75, 3.05) is 4.31 Å². The number of rotatable bonds is 5. The predicted octanol–water partition coefficient (Wildman–Crippen LogP) is 5.17. The van der Waals surface area contributed by atoms with Crippen LogP contribution < -0.4 is 9.04 Å². The minimum Gasteiger partial charge on any atom is -0.427 e. The molecule has 4 rings (SSSR count). The average molecular weight is 498 g/mol. The highest BCUT2D eigenvalue weighted by Crippen LogP contribution is 2.57. The molecule has 3 aromatic rings. The molecule has 2 atom stereocenters. The number of nitriles is 2. The molecule has 1 aliphatic heterocycles. The molecule has 0 unspecified atom stereocenters. The van der Waals surface area contributed by atoms with Crippen LogP contribution in [0.5, 0.6) is 5.75 Å². The first-order valence-electron chi connectivity index (χ1n) is 11.1. The lowest BCUT2D eigenvalue weighted by Gasteiger charge is -2.47. The first-order valence-corrected chi connectivity index (χ1v) is 12.6. The highest BCUT2D eigenvalue weighted by atomic mass is 32.2. The fourth-order valence-corrected chi connectivity index (χ4v) is 6.36. The summed E-state index contributed by atoms with van der Waals surface area (Å²) in [7, 11) is -4.23. The predicted molar refractivity (Wildman–Crippen MR) is 134 cm³/mol. The van der Waals surface area contributed by atoms with Crippen LogP contribution in [0, 0.1) is 35.0 Å². The van der Waals surface area contributed by atoms with Crippen molar-refractivity contribution in [3.63, 3.8) is 0 Å². The van der Waals surface area contributed by atoms with Gasteiger partial charge >= 0.3 is 5.97 Å². The zero-order valence-electron chi connectivity index (χ0n) is 19.8. The molecule has 0 saturated heterocycles. The number of esters is 1. The first-order chi connectivity index (χ1) is 17.2. The van der Waals surface area contributed by atoms with Gasteiger partial charge in [0.1, 0.15) is 11.8 Å². The number of carbonyl (C=O) groups excluding carboxylic acids is 1. The number of para-hydroxylation sites is 1. The van der Waals surface area contributed by atoms with Gasteiger partial charge in [-0.3, -0.25) is 9.10 Å². The number of hydrogen-bond acceptors (Lipinski definition) is 6. The maximum Gasteiger partial charge on any atom is 0.308 e. The molecule has 0 aliphatic carbocycles. The number of hydrogen-bond donors (Lipinski definition) is 0. The third kappa shape index (κ3) is 3.92. The smallest absolute Gasteiger partial charge is 0.308 e. The summed E-state index contributed by atoms with van der Waals surface area (Å²) in [5.41, 5.74) is 0.320. The second-order valence-corrected chi connectivity index (χ2v) is 10.4. The van der Waals surface area contributed by atoms with Gasteiger partial charge in [0.25, 0.3) is 10.0 Å². The van der Waals surface area contributed by atoms with Gasteiger partial charge in [-0.1, -0.05) is 54.1 Å². The van der Waals surface area contributed by atoms with Crippen LogP contribution in [0.15, 0.2) is 90.3 Å². The zero-order chi connectivity index (χ0) is 26.1. The van der Waals surface area contributed by atoms with Gasteiger partial charge in [-0.15, -0.1) is 6.58 Å². The zero-order valence-corrected chi connectivity index (χ0v) is 20.6. The van der Waals surface area contributed by atoms with Gasteiger partial charge in [0, 0.05) is 12.8 Å². The lowest BCUT2D eigenvalue weighted by molar-refractivity contribution is -0.131. The fourth-order valence-electron chi connectivity index (χ4n) is 4.66. The standard InChI is InChI=1S/C28H23N3O4S/c1-4-25-24-7-5-6-8-26(24)31(36(33,34)23-15-9-19(2)10-16-23)27(28(25,17-29)18-30)21-11-13-22(14-12-21)35-20(3)32/h4-16,25,27H,1H2,2-3H3/t25-,27-/m1/s1. The molecule has 0 aromatic heterocycles. The minimum atomic E-state index is -4.23. The van der Waals surface area contributed by atoms with Crippen LogP contribution in [0.25, 0.3) is 0 Å². The van der Waals surface area contributed by atoms with Gasteiger partial charge in [0.2, 0.25) is 0 Å². The topological polar surface area (TPSA) is 111 Å². The van der Waals surface area contributed by atoms with Crippen molar-refractivity contribution >= 4 is 21.7 Å². The number of fused-ring (bicyclic) bond motifs is 1. The summed E-state index contributed by atoms with van der Waals surface area (Å²) in [6.45, 7) is 7.00. The number of benzene rings is 3. The van der Waals surface area contributed by atoms with Crippen LogP contribution in [-0.4, -0.2) is 14.4 Å². The maximum absolute atomic E-state index is 14.2. The minimum absolute atomic E-state index is 0.0336. The molecule has 8 heteroatoms. The summed E-state index contributed by atoms with van der Waals surface area (Å²) in [5.74, 6) is -1.02. The number of allylic oxidation sites excluding steroid dienone is 1. The van der Waals surface area contributed by atoms with E-state index < -0.39 is 33.4 Å². The van der Waals surface area contributed by atoms with Crippen LogP contribution in [-0.2, 0) is 14.8 Å². The van der Waals surface area contributed by atoms with Crippen molar-refractivity contribution in [2.24, 2.45) is 5.41 Å². The molecule has 180 valence electrons. The second-order valence-electron chi connectivity index (χ2n) is 8.54. The van der Waals surface area contributed by atoms with E-state index in [9.17, 15) is 23.7 Å². The highest BCUT2D eigenvalue weighted by Gasteiger charge is 2.57. The van der Waals surface area contributed by atoms with Crippen molar-refractivity contribution < 1.29 is 17.9 Å². The summed E-state index contributed by atoms with van der Waals surface area (Å²) < 4.78 is 34.7. The van der Waals surface area contributed by atoms with E-state index in [-0.39, 0.29) is 10.6 Å². The Kier molecular flexibility index (Phi) is 6.41. The molecule has 1 aliphatic rings. The normalized spacial score (nSPS) is 18.3. The van der Waals surface area contributed by atoms with E-state index in [4.69, 9.17) is 4.74 Å². The molecular weight excluding hydrogens is 474 g/mol. The molecule has 0 spiro atoms. The lowest BCUT2D eigenvalue weighted by atomic mass is 9.64. The third-order valence-corrected chi connectivity index (χ3v) is 8.10. The van der Waals surface area contributed by atoms with Crippen LogP contribution in [0.3, 0.4) is 0 Å². The number of carbonyl (C=O) groups is 1. The quantitative estimate of drug-likeness (QED) is 0.273. The highest BCUT2D eigenvalue weighted by molar-refractivity contribution is 7.92. The summed E-state index contributed by atoms with van der Waals surface area (Å²) in [6, 6.07) is 22.4. The second kappa shape index (κ2) is 9.33. The summed E-state index contributed by atoms with van der Waals surface area (Å²) in [5, 5.41) is 20.9. The molecule has 0 amide bonds. The average Bonchev–Trinajstić information content (AvgIpc) is 2.87. The maximum atomic E-state index is 14.2. The molecular formula is C28H23N3O4S. The number of sulfonamides is 1. The van der Waals surface area contributed by atoms with E-state index in [0.717, 1.165) is 5.56 Å². The van der Waals surface area contributed by atoms with Gasteiger partial charge in [-0.05, 0) is 48.4 Å². The van der Waals surface area contributed by atoms with Crippen LogP contribution in [0.2, 0.25) is 0 Å². The number of aryl methyl sites for hydroxylation is 1. The Morgan fingerprint density at radius 3 is 2.19 bits per heavy atom. The lowest BCUT2D eigenvalue weighted by Crippen LogP contribution is -2.49. The Morgan fingerprint density at radius 2 is 1.64 bits per heavy atom. The summed E-state index contributed by atoms with van der Waals surface area (Å²) in [4.78, 5) is 11.4. The van der Waals surface area contributed by atoms with Crippen LogP contribution in [0.1, 0.15) is 35.6 Å². The first kappa shape index (κ1) is 24.7. The summed E-state index contributed by atoms with van der Waals surface area (Å²) >= 11 is 0. The molecule has 3 aromatic carbocycles. The Morgan fingerprint density at radius 1 is 1.03 bits per heavy atom. The van der Waals surface area contributed by atoms with E-state index in [1.807, 2.05) is 6.92 Å². The molecule has 0 N–H and O–H groups in total. The van der Waals surface area contributed by atoms with Crippen LogP contribution >= 0.6 is 0 Å². The van der Waals surface area contributed by atoms with Crippen molar-refractivity contribution in [2.45, 2.75) is 30.7 Å². The number of ether oxygens (including phenoxy) is 1. The van der Waals surface area contributed by atoms with Crippen LogP contribution in [0.4, 0.5) is 5.69 Å². The SMILES string of the molecule is C=C[C@@H]1c2ccccc2N(S(=O)(=O)c2ccc(C)cc2)[C@H](c2ccc(OC(C)=O)cc2)C1(C#N)C#N. The summed E-state index contributed by atoms with van der Waals surface area (Å²) in [6.07, 6.45) is 1.52. The molecule has 0 saturated carbocycles. The molecule has 7 nitrogen and oxygen atoms in total. The fraction of sp³-hybridized carbons (Fsp3) is 0.179. The van der Waals surface area contributed by atoms with Crippen molar-refractivity contribution in [3.8, 4) is 17.9 Å². The van der Waals surface area contributed by atoms with Gasteiger partial charge < -0.3 is 4.74 Å². The van der Waals surface area contributed by atoms with Crippen molar-refractivity contribution in [1.29, 1.82) is 10.5 Å². The van der Waals surface area contributed by atoms with Gasteiger partial charge in [-0.2, -0.15) is 10.5 Å². The Bertz CT molecular complexity index is 1500. The number of nitrogens with zero attached hydrogens (tertiary/aromatic N) is 3. The number of anilines is 1. The van der Waals surface area contributed by atoms with E-state index in [2.05, 4.69) is 18.7 Å². The molecule has 0 radical (unpaired) electrons. The van der Waals surface area contributed by atoms with E-state index in [0.29, 0.717) is 16.8 Å². The largest absolute Gasteiger partial charge is 0.427 e. The molecule has 1 heterocycles. The third-order valence-electron chi connectivity index (χ3n) is 6.31. The van der Waals surface area contributed by atoms with Gasteiger partial charge in [-0.25, -0.2) is 8.42 Å². The van der Waals surface area contributed by atoms with Crippen molar-refractivity contribution in [3.05, 3.63) is 102 Å². The Labute approximate surface area is 210 Å².